The summed E-state index contributed by atoms with van der Waals surface area (Å²) in [6.45, 7) is 1.49. The highest BCUT2D eigenvalue weighted by atomic mass is 32.2. The second-order valence-corrected chi connectivity index (χ2v) is 9.23. The number of ether oxygens (including phenoxy) is 1. The first-order valence-corrected chi connectivity index (χ1v) is 11.1. The van der Waals surface area contributed by atoms with Crippen LogP contribution in [0.15, 0.2) is 12.4 Å². The summed E-state index contributed by atoms with van der Waals surface area (Å²) in [7, 11) is -1.23. The van der Waals surface area contributed by atoms with E-state index in [9.17, 15) is 8.42 Å². The normalized spacial score (nSPS) is 31.1. The molecule has 2 aliphatic rings. The molecular weight excluding hydrogens is 340 g/mol. The van der Waals surface area contributed by atoms with E-state index < -0.39 is 10.0 Å². The molecule has 2 heterocycles. The molecule has 0 amide bonds. The van der Waals surface area contributed by atoms with Gasteiger partial charge in [0.25, 0.3) is 0 Å². The lowest BCUT2D eigenvalue weighted by atomic mass is 9.84. The summed E-state index contributed by atoms with van der Waals surface area (Å²) < 4.78 is 33.8. The van der Waals surface area contributed by atoms with Crippen LogP contribution in [0, 0.1) is 0 Å². The van der Waals surface area contributed by atoms with Crippen molar-refractivity contribution in [1.29, 1.82) is 0 Å². The van der Waals surface area contributed by atoms with Crippen LogP contribution in [0.1, 0.15) is 50.0 Å². The van der Waals surface area contributed by atoms with Gasteiger partial charge in [-0.2, -0.15) is 5.10 Å². The topological polar surface area (TPSA) is 85.2 Å². The Morgan fingerprint density at radius 2 is 2.08 bits per heavy atom. The van der Waals surface area contributed by atoms with E-state index >= 15 is 0 Å². The van der Waals surface area contributed by atoms with Crippen LogP contribution in [0.2, 0.25) is 0 Å². The molecule has 8 heteroatoms. The summed E-state index contributed by atoms with van der Waals surface area (Å²) in [5.74, 6) is 0.584. The molecule has 142 valence electrons. The van der Waals surface area contributed by atoms with E-state index in [2.05, 4.69) is 21.3 Å². The highest BCUT2D eigenvalue weighted by Crippen LogP contribution is 2.33. The minimum atomic E-state index is -3.19. The monoisotopic (exact) mass is 370 g/mol. The molecule has 1 aliphatic heterocycles. The maximum absolute atomic E-state index is 11.5. The molecule has 0 unspecified atom stereocenters. The van der Waals surface area contributed by atoms with E-state index in [0.29, 0.717) is 12.5 Å². The zero-order valence-corrected chi connectivity index (χ0v) is 16.0. The van der Waals surface area contributed by atoms with Crippen LogP contribution in [-0.2, 0) is 21.8 Å². The van der Waals surface area contributed by atoms with E-state index in [0.717, 1.165) is 45.1 Å². The number of hydrogen-bond acceptors (Lipinski definition) is 5. The zero-order valence-electron chi connectivity index (χ0n) is 15.1. The number of piperidine rings is 1. The fourth-order valence-corrected chi connectivity index (χ4v) is 4.83. The molecule has 1 aliphatic carbocycles. The molecule has 0 spiro atoms. The summed E-state index contributed by atoms with van der Waals surface area (Å²) in [4.78, 5) is 0. The van der Waals surface area contributed by atoms with E-state index in [1.807, 2.05) is 17.9 Å². The van der Waals surface area contributed by atoms with Crippen molar-refractivity contribution in [1.82, 2.24) is 19.8 Å². The first-order chi connectivity index (χ1) is 11.9. The Morgan fingerprint density at radius 3 is 2.72 bits per heavy atom. The smallest absolute Gasteiger partial charge is 0.209 e. The van der Waals surface area contributed by atoms with Gasteiger partial charge in [0.1, 0.15) is 0 Å². The predicted molar refractivity (Wildman–Crippen MR) is 96.9 cm³/mol. The van der Waals surface area contributed by atoms with Crippen LogP contribution in [0.3, 0.4) is 0 Å². The highest BCUT2D eigenvalue weighted by Gasteiger charge is 2.29. The van der Waals surface area contributed by atoms with Crippen molar-refractivity contribution in [2.45, 2.75) is 62.6 Å². The lowest BCUT2D eigenvalue weighted by molar-refractivity contribution is 0.00523. The van der Waals surface area contributed by atoms with Gasteiger partial charge in [-0.3, -0.25) is 4.68 Å². The van der Waals surface area contributed by atoms with Crippen molar-refractivity contribution in [2.75, 3.05) is 19.4 Å². The van der Waals surface area contributed by atoms with Gasteiger partial charge in [0.2, 0.25) is 10.0 Å². The summed E-state index contributed by atoms with van der Waals surface area (Å²) >= 11 is 0. The quantitative estimate of drug-likeness (QED) is 0.784. The molecule has 3 rings (SSSR count). The third-order valence-corrected chi connectivity index (χ3v) is 6.06. The van der Waals surface area contributed by atoms with Crippen LogP contribution < -0.4 is 10.0 Å². The average molecular weight is 371 g/mol. The highest BCUT2D eigenvalue weighted by molar-refractivity contribution is 7.88. The second kappa shape index (κ2) is 8.16. The minimum absolute atomic E-state index is 0.0551. The molecule has 2 fully saturated rings. The van der Waals surface area contributed by atoms with E-state index in [1.165, 1.54) is 11.8 Å². The van der Waals surface area contributed by atoms with Gasteiger partial charge in [-0.05, 0) is 56.6 Å². The fraction of sp³-hybridized carbons (Fsp3) is 0.824. The van der Waals surface area contributed by atoms with E-state index in [1.54, 1.807) is 0 Å². The molecule has 1 aromatic heterocycles. The van der Waals surface area contributed by atoms with Gasteiger partial charge in [0, 0.05) is 25.3 Å². The molecule has 1 saturated carbocycles. The molecule has 1 saturated heterocycles. The van der Waals surface area contributed by atoms with Gasteiger partial charge < -0.3 is 10.1 Å². The molecule has 7 nitrogen and oxygen atoms in total. The Bertz CT molecular complexity index is 653. The fourth-order valence-electron chi connectivity index (χ4n) is 4.00. The molecule has 2 N–H and O–H groups in total. The predicted octanol–water partition coefficient (Wildman–Crippen LogP) is 1.13. The van der Waals surface area contributed by atoms with Crippen molar-refractivity contribution in [3.8, 4) is 0 Å². The maximum atomic E-state index is 11.5. The van der Waals surface area contributed by atoms with Crippen molar-refractivity contribution in [2.24, 2.45) is 7.05 Å². The van der Waals surface area contributed by atoms with E-state index in [-0.39, 0.29) is 18.2 Å². The van der Waals surface area contributed by atoms with Gasteiger partial charge in [-0.1, -0.05) is 0 Å². The lowest BCUT2D eigenvalue weighted by Gasteiger charge is -2.35. The van der Waals surface area contributed by atoms with Gasteiger partial charge in [-0.15, -0.1) is 0 Å². The van der Waals surface area contributed by atoms with Crippen molar-refractivity contribution < 1.29 is 13.2 Å². The Labute approximate surface area is 150 Å². The molecule has 0 bridgehead atoms. The van der Waals surface area contributed by atoms with E-state index in [4.69, 9.17) is 4.74 Å². The first kappa shape index (κ1) is 18.8. The number of hydrogen-bond donors (Lipinski definition) is 2. The molecule has 0 aromatic carbocycles. The minimum Gasteiger partial charge on any atom is -0.377 e. The summed E-state index contributed by atoms with van der Waals surface area (Å²) in [5, 5.41) is 7.67. The van der Waals surface area contributed by atoms with Crippen LogP contribution in [0.4, 0.5) is 0 Å². The largest absolute Gasteiger partial charge is 0.377 e. The van der Waals surface area contributed by atoms with Crippen molar-refractivity contribution in [3.63, 3.8) is 0 Å². The summed E-state index contributed by atoms with van der Waals surface area (Å²) in [5.41, 5.74) is 1.33. The zero-order chi connectivity index (χ0) is 17.9. The molecular formula is C17H30N4O3S. The number of aryl methyl sites for hydroxylation is 1. The number of rotatable bonds is 6. The van der Waals surface area contributed by atoms with Crippen LogP contribution in [-0.4, -0.2) is 55.8 Å². The van der Waals surface area contributed by atoms with Crippen LogP contribution in [0.25, 0.3) is 0 Å². The Balaban J connectivity index is 1.45. The molecule has 2 atom stereocenters. The Kier molecular flexibility index (Phi) is 6.14. The summed E-state index contributed by atoms with van der Waals surface area (Å²) in [6, 6.07) is -0.0185. The Hall–Kier alpha value is -0.960. The van der Waals surface area contributed by atoms with Gasteiger partial charge in [0.15, 0.2) is 0 Å². The average Bonchev–Trinajstić information content (AvgIpc) is 3.00. The molecule has 0 radical (unpaired) electrons. The number of aromatic nitrogens is 2. The molecule has 25 heavy (non-hydrogen) atoms. The lowest BCUT2D eigenvalue weighted by Crippen LogP contribution is -2.55. The maximum Gasteiger partial charge on any atom is 0.209 e. The van der Waals surface area contributed by atoms with Gasteiger partial charge >= 0.3 is 0 Å². The number of sulfonamides is 1. The molecule has 1 aromatic rings. The van der Waals surface area contributed by atoms with Gasteiger partial charge in [0.05, 0.1) is 25.2 Å². The summed E-state index contributed by atoms with van der Waals surface area (Å²) in [6.07, 6.45) is 11.8. The number of nitrogens with one attached hydrogen (secondary N) is 2. The third kappa shape index (κ3) is 5.51. The van der Waals surface area contributed by atoms with Crippen LogP contribution in [0.5, 0.6) is 0 Å². The third-order valence-electron chi connectivity index (χ3n) is 5.33. The SMILES string of the molecule is Cn1cc(C2CCC(OC[C@@H]3NCCC[C@@H]3NS(C)(=O)=O)CC2)cn1. The van der Waals surface area contributed by atoms with Crippen molar-refractivity contribution >= 4 is 10.0 Å². The van der Waals surface area contributed by atoms with Gasteiger partial charge in [-0.25, -0.2) is 13.1 Å². The Morgan fingerprint density at radius 1 is 1.32 bits per heavy atom. The van der Waals surface area contributed by atoms with Crippen LogP contribution >= 0.6 is 0 Å². The first-order valence-electron chi connectivity index (χ1n) is 9.21. The second-order valence-electron chi connectivity index (χ2n) is 7.45. The number of nitrogens with zero attached hydrogens (tertiary/aromatic N) is 2. The standard InChI is InChI=1S/C17H30N4O3S/c1-21-11-14(10-19-21)13-5-7-15(8-6-13)24-12-17-16(4-3-9-18-17)20-25(2,22)23/h10-11,13,15-18,20H,3-9,12H2,1-2H3/t13?,15?,16-,17-/m0/s1. The van der Waals surface area contributed by atoms with Crippen molar-refractivity contribution in [3.05, 3.63) is 18.0 Å².